The average Bonchev–Trinajstić information content (AvgIpc) is 3.40. The molecule has 1 heterocycles. The maximum atomic E-state index is 12.4. The van der Waals surface area contributed by atoms with Crippen molar-refractivity contribution in [3.05, 3.63) is 24.2 Å². The van der Waals surface area contributed by atoms with Gasteiger partial charge in [-0.25, -0.2) is 0 Å². The van der Waals surface area contributed by atoms with E-state index < -0.39 is 16.6 Å². The highest BCUT2D eigenvalue weighted by Crippen LogP contribution is 2.71. The third-order valence-corrected chi connectivity index (χ3v) is 10.9. The van der Waals surface area contributed by atoms with E-state index in [1.54, 1.807) is 12.5 Å². The lowest BCUT2D eigenvalue weighted by atomic mass is 9.42. The summed E-state index contributed by atoms with van der Waals surface area (Å²) in [5.74, 6) is 1.51. The second kappa shape index (κ2) is 8.52. The standard InChI is InChI=1S/C27H43N3O4/c1-24-16-20(34-14-3-13-30-23(28)29)6-4-18(24)5-7-22-21(24)8-10-25(2)26(31,11-12-27(22,25)32)19-9-15-33-17-19/h9,15,17-18,20-22,31-32H,3-8,10-14,16H2,1-2H3,(H4,28,29,30)/t18?,20?,21-,22-,24+,25-,26?,27-/m1/s1. The zero-order valence-electron chi connectivity index (χ0n) is 20.8. The van der Waals surface area contributed by atoms with Gasteiger partial charge in [0.05, 0.1) is 24.2 Å². The van der Waals surface area contributed by atoms with Crippen molar-refractivity contribution in [3.8, 4) is 0 Å². The summed E-state index contributed by atoms with van der Waals surface area (Å²) in [7, 11) is 0. The Kier molecular flexibility index (Phi) is 6.05. The van der Waals surface area contributed by atoms with E-state index in [0.29, 0.717) is 37.8 Å². The number of hydrogen-bond donors (Lipinski definition) is 4. The molecular weight excluding hydrogens is 430 g/mol. The van der Waals surface area contributed by atoms with Crippen LogP contribution in [0.3, 0.4) is 0 Å². The molecule has 4 aliphatic rings. The Morgan fingerprint density at radius 1 is 1.09 bits per heavy atom. The topological polar surface area (TPSA) is 127 Å². The van der Waals surface area contributed by atoms with Gasteiger partial charge >= 0.3 is 0 Å². The Bertz CT molecular complexity index is 902. The number of guanidine groups is 1. The minimum atomic E-state index is -1.04. The molecule has 1 aromatic heterocycles. The van der Waals surface area contributed by atoms with E-state index in [1.165, 1.54) is 6.42 Å². The van der Waals surface area contributed by atoms with E-state index in [0.717, 1.165) is 50.5 Å². The number of hydrogen-bond acceptors (Lipinski definition) is 5. The highest BCUT2D eigenvalue weighted by molar-refractivity contribution is 5.75. The molecule has 7 nitrogen and oxygen atoms in total. The van der Waals surface area contributed by atoms with Crippen molar-refractivity contribution < 1.29 is 19.4 Å². The number of furan rings is 1. The van der Waals surface area contributed by atoms with E-state index in [9.17, 15) is 10.2 Å². The molecule has 5 rings (SSSR count). The first kappa shape index (κ1) is 24.1. The average molecular weight is 474 g/mol. The Morgan fingerprint density at radius 2 is 1.88 bits per heavy atom. The molecule has 0 saturated heterocycles. The first-order chi connectivity index (χ1) is 16.1. The first-order valence-electron chi connectivity index (χ1n) is 13.3. The summed E-state index contributed by atoms with van der Waals surface area (Å²) in [6, 6.07) is 1.87. The molecule has 4 aliphatic carbocycles. The Labute approximate surface area is 203 Å². The van der Waals surface area contributed by atoms with Crippen molar-refractivity contribution in [2.24, 2.45) is 45.0 Å². The van der Waals surface area contributed by atoms with Gasteiger partial charge in [-0.2, -0.15) is 0 Å². The molecule has 1 aromatic rings. The van der Waals surface area contributed by atoms with Crippen molar-refractivity contribution in [1.82, 2.24) is 0 Å². The predicted octanol–water partition coefficient (Wildman–Crippen LogP) is 3.67. The summed E-state index contributed by atoms with van der Waals surface area (Å²) in [6.45, 7) is 5.87. The number of ether oxygens (including phenoxy) is 1. The molecule has 0 bridgehead atoms. The predicted molar refractivity (Wildman–Crippen MR) is 131 cm³/mol. The van der Waals surface area contributed by atoms with Gasteiger partial charge in [0.1, 0.15) is 5.60 Å². The van der Waals surface area contributed by atoms with Crippen molar-refractivity contribution >= 4 is 5.96 Å². The smallest absolute Gasteiger partial charge is 0.185 e. The highest BCUT2D eigenvalue weighted by atomic mass is 16.5. The fourth-order valence-electron chi connectivity index (χ4n) is 8.92. The summed E-state index contributed by atoms with van der Waals surface area (Å²) in [6.07, 6.45) is 13.1. The minimum absolute atomic E-state index is 0.134. The molecule has 6 N–H and O–H groups in total. The van der Waals surface area contributed by atoms with E-state index in [2.05, 4.69) is 18.8 Å². The third-order valence-electron chi connectivity index (χ3n) is 10.9. The number of aliphatic hydroxyl groups is 2. The zero-order chi connectivity index (χ0) is 24.2. The number of fused-ring (bicyclic) bond motifs is 5. The highest BCUT2D eigenvalue weighted by Gasteiger charge is 2.72. The fraction of sp³-hybridized carbons (Fsp3) is 0.815. The Balaban J connectivity index is 1.33. The minimum Gasteiger partial charge on any atom is -0.472 e. The number of nitrogens with zero attached hydrogens (tertiary/aromatic N) is 1. The second-order valence-electron chi connectivity index (χ2n) is 12.1. The van der Waals surface area contributed by atoms with Gasteiger partial charge in [-0.3, -0.25) is 4.99 Å². The first-order valence-corrected chi connectivity index (χ1v) is 13.3. The largest absolute Gasteiger partial charge is 0.472 e. The summed E-state index contributed by atoms with van der Waals surface area (Å²) < 4.78 is 11.6. The van der Waals surface area contributed by atoms with E-state index in [1.807, 2.05) is 6.07 Å². The molecule has 0 amide bonds. The van der Waals surface area contributed by atoms with Crippen LogP contribution < -0.4 is 11.5 Å². The van der Waals surface area contributed by atoms with Crippen molar-refractivity contribution in [3.63, 3.8) is 0 Å². The molecule has 0 aliphatic heterocycles. The lowest BCUT2D eigenvalue weighted by Gasteiger charge is -2.64. The fourth-order valence-corrected chi connectivity index (χ4v) is 8.92. The zero-order valence-corrected chi connectivity index (χ0v) is 20.8. The van der Waals surface area contributed by atoms with Crippen LogP contribution in [0, 0.1) is 28.6 Å². The normalized spacial score (nSPS) is 45.8. The van der Waals surface area contributed by atoms with Crippen LogP contribution in [0.1, 0.15) is 83.6 Å². The Hall–Kier alpha value is -1.57. The van der Waals surface area contributed by atoms with Crippen LogP contribution in [-0.2, 0) is 10.3 Å². The summed E-state index contributed by atoms with van der Waals surface area (Å²) in [5, 5.41) is 24.3. The molecular formula is C27H43N3O4. The second-order valence-corrected chi connectivity index (χ2v) is 12.1. The van der Waals surface area contributed by atoms with Crippen molar-refractivity contribution in [2.75, 3.05) is 13.2 Å². The number of aliphatic imine (C=N–C) groups is 1. The van der Waals surface area contributed by atoms with Gasteiger partial charge in [0.15, 0.2) is 5.96 Å². The van der Waals surface area contributed by atoms with Gasteiger partial charge in [-0.15, -0.1) is 0 Å². The molecule has 0 spiro atoms. The molecule has 190 valence electrons. The molecule has 0 radical (unpaired) electrons. The maximum absolute atomic E-state index is 12.4. The quantitative estimate of drug-likeness (QED) is 0.284. The molecule has 0 aromatic carbocycles. The Morgan fingerprint density at radius 3 is 2.62 bits per heavy atom. The van der Waals surface area contributed by atoms with Crippen LogP contribution in [0.2, 0.25) is 0 Å². The van der Waals surface area contributed by atoms with Gasteiger partial charge in [-0.05, 0) is 93.4 Å². The third kappa shape index (κ3) is 3.45. The van der Waals surface area contributed by atoms with E-state index >= 15 is 0 Å². The van der Waals surface area contributed by atoms with Crippen molar-refractivity contribution in [1.29, 1.82) is 0 Å². The summed E-state index contributed by atoms with van der Waals surface area (Å²) >= 11 is 0. The van der Waals surface area contributed by atoms with Crippen LogP contribution in [0.25, 0.3) is 0 Å². The molecule has 3 unspecified atom stereocenters. The lowest BCUT2D eigenvalue weighted by molar-refractivity contribution is -0.240. The number of rotatable bonds is 6. The lowest BCUT2D eigenvalue weighted by Crippen LogP contribution is -2.64. The van der Waals surface area contributed by atoms with E-state index in [4.69, 9.17) is 20.6 Å². The molecule has 4 saturated carbocycles. The van der Waals surface area contributed by atoms with Gasteiger partial charge in [-0.1, -0.05) is 13.8 Å². The van der Waals surface area contributed by atoms with Crippen LogP contribution in [-0.4, -0.2) is 41.0 Å². The monoisotopic (exact) mass is 473 g/mol. The summed E-state index contributed by atoms with van der Waals surface area (Å²) in [4.78, 5) is 4.05. The number of nitrogens with two attached hydrogens (primary N) is 2. The molecule has 4 fully saturated rings. The van der Waals surface area contributed by atoms with Crippen LogP contribution >= 0.6 is 0 Å². The maximum Gasteiger partial charge on any atom is 0.185 e. The van der Waals surface area contributed by atoms with Gasteiger partial charge < -0.3 is 30.8 Å². The molecule has 8 atom stereocenters. The van der Waals surface area contributed by atoms with Gasteiger partial charge in [0.25, 0.3) is 0 Å². The SMILES string of the molecule is C[C@]12CC(OCCCN=C(N)N)CCC1CC[C@@H]1[C@H]2CC[C@]2(C)C(O)(c3ccoc3)CC[C@@]12O. The summed E-state index contributed by atoms with van der Waals surface area (Å²) in [5.41, 5.74) is 9.36. The van der Waals surface area contributed by atoms with Crippen molar-refractivity contribution in [2.45, 2.75) is 95.4 Å². The van der Waals surface area contributed by atoms with Crippen LogP contribution in [0.15, 0.2) is 28.0 Å². The van der Waals surface area contributed by atoms with Gasteiger partial charge in [0, 0.05) is 24.1 Å². The van der Waals surface area contributed by atoms with Crippen LogP contribution in [0.4, 0.5) is 0 Å². The molecule has 7 heteroatoms. The van der Waals surface area contributed by atoms with Gasteiger partial charge in [0.2, 0.25) is 0 Å². The van der Waals surface area contributed by atoms with E-state index in [-0.39, 0.29) is 23.4 Å². The van der Waals surface area contributed by atoms with Crippen LogP contribution in [0.5, 0.6) is 0 Å². The molecule has 34 heavy (non-hydrogen) atoms.